The molecule has 1 saturated heterocycles. The third kappa shape index (κ3) is 3.49. The summed E-state index contributed by atoms with van der Waals surface area (Å²) < 4.78 is 11.0. The molecule has 2 atom stereocenters. The first kappa shape index (κ1) is 14.8. The van der Waals surface area contributed by atoms with Crippen LogP contribution in [-0.4, -0.2) is 48.3 Å². The molecular formula is C15H21NO4. The molecule has 0 aromatic heterocycles. The Morgan fingerprint density at radius 1 is 1.30 bits per heavy atom. The number of ether oxygens (including phenoxy) is 2. The average molecular weight is 279 g/mol. The van der Waals surface area contributed by atoms with Gasteiger partial charge in [0.15, 0.2) is 6.10 Å². The highest BCUT2D eigenvalue weighted by atomic mass is 16.5. The molecule has 5 nitrogen and oxygen atoms in total. The van der Waals surface area contributed by atoms with E-state index in [1.165, 1.54) is 0 Å². The van der Waals surface area contributed by atoms with Gasteiger partial charge in [-0.05, 0) is 19.9 Å². The number of carbonyl (C=O) groups excluding carboxylic acids is 1. The summed E-state index contributed by atoms with van der Waals surface area (Å²) in [6.45, 7) is 5.76. The predicted octanol–water partition coefficient (Wildman–Crippen LogP) is 1.37. The highest BCUT2D eigenvalue weighted by Crippen LogP contribution is 2.25. The molecule has 1 fully saturated rings. The lowest BCUT2D eigenvalue weighted by Gasteiger charge is -2.29. The Balaban J connectivity index is 2.03. The van der Waals surface area contributed by atoms with E-state index in [0.29, 0.717) is 37.6 Å². The Kier molecular flexibility index (Phi) is 4.98. The van der Waals surface area contributed by atoms with Crippen LogP contribution in [0.5, 0.6) is 5.75 Å². The predicted molar refractivity (Wildman–Crippen MR) is 74.6 cm³/mol. The first-order valence-corrected chi connectivity index (χ1v) is 6.89. The van der Waals surface area contributed by atoms with Crippen LogP contribution in [0.4, 0.5) is 0 Å². The second-order valence-corrected chi connectivity index (χ2v) is 4.91. The molecule has 1 aliphatic rings. The van der Waals surface area contributed by atoms with Crippen LogP contribution in [-0.2, 0) is 9.53 Å². The van der Waals surface area contributed by atoms with Crippen molar-refractivity contribution in [2.45, 2.75) is 26.1 Å². The maximum absolute atomic E-state index is 12.3. The Morgan fingerprint density at radius 3 is 2.60 bits per heavy atom. The van der Waals surface area contributed by atoms with E-state index in [2.05, 4.69) is 0 Å². The zero-order valence-corrected chi connectivity index (χ0v) is 11.9. The zero-order valence-electron chi connectivity index (χ0n) is 11.9. The third-order valence-electron chi connectivity index (χ3n) is 3.34. The van der Waals surface area contributed by atoms with Gasteiger partial charge in [0.1, 0.15) is 5.75 Å². The van der Waals surface area contributed by atoms with Gasteiger partial charge in [-0.2, -0.15) is 0 Å². The van der Waals surface area contributed by atoms with Gasteiger partial charge in [0.05, 0.1) is 19.3 Å². The number of hydrogen-bond donors (Lipinski definition) is 1. The van der Waals surface area contributed by atoms with Crippen LogP contribution in [0.15, 0.2) is 24.3 Å². The maximum Gasteiger partial charge on any atom is 0.263 e. The molecule has 1 heterocycles. The van der Waals surface area contributed by atoms with Gasteiger partial charge < -0.3 is 19.5 Å². The number of amides is 1. The maximum atomic E-state index is 12.3. The molecular weight excluding hydrogens is 258 g/mol. The lowest BCUT2D eigenvalue weighted by Crippen LogP contribution is -2.46. The van der Waals surface area contributed by atoms with E-state index in [9.17, 15) is 9.90 Å². The minimum Gasteiger partial charge on any atom is -0.481 e. The molecule has 1 amide bonds. The van der Waals surface area contributed by atoms with Crippen LogP contribution in [0.25, 0.3) is 0 Å². The van der Waals surface area contributed by atoms with Crippen LogP contribution in [0, 0.1) is 0 Å². The minimum atomic E-state index is -0.628. The second kappa shape index (κ2) is 6.72. The number of aliphatic hydroxyl groups excluding tert-OH is 1. The largest absolute Gasteiger partial charge is 0.481 e. The van der Waals surface area contributed by atoms with Gasteiger partial charge in [-0.15, -0.1) is 0 Å². The van der Waals surface area contributed by atoms with Crippen LogP contribution in [0.2, 0.25) is 0 Å². The van der Waals surface area contributed by atoms with Gasteiger partial charge in [0.25, 0.3) is 5.91 Å². The van der Waals surface area contributed by atoms with E-state index in [1.54, 1.807) is 30.9 Å². The molecule has 110 valence electrons. The van der Waals surface area contributed by atoms with Gasteiger partial charge >= 0.3 is 0 Å². The SMILES string of the molecule is CC(Oc1ccccc1[C@@H](C)O)C(=O)N1CCOCC1. The van der Waals surface area contributed by atoms with Crippen molar-refractivity contribution in [2.75, 3.05) is 26.3 Å². The van der Waals surface area contributed by atoms with Crippen molar-refractivity contribution >= 4 is 5.91 Å². The van der Waals surface area contributed by atoms with Crippen LogP contribution >= 0.6 is 0 Å². The molecule has 0 aliphatic carbocycles. The normalized spacial score (nSPS) is 18.4. The van der Waals surface area contributed by atoms with Crippen molar-refractivity contribution in [1.82, 2.24) is 4.90 Å². The first-order valence-electron chi connectivity index (χ1n) is 6.89. The smallest absolute Gasteiger partial charge is 0.263 e. The van der Waals surface area contributed by atoms with Crippen molar-refractivity contribution in [3.05, 3.63) is 29.8 Å². The van der Waals surface area contributed by atoms with Gasteiger partial charge in [-0.1, -0.05) is 18.2 Å². The summed E-state index contributed by atoms with van der Waals surface area (Å²) in [6, 6.07) is 7.23. The van der Waals surface area contributed by atoms with Crippen molar-refractivity contribution in [1.29, 1.82) is 0 Å². The molecule has 0 bridgehead atoms. The fraction of sp³-hybridized carbons (Fsp3) is 0.533. The van der Waals surface area contributed by atoms with Crippen molar-refractivity contribution in [3.63, 3.8) is 0 Å². The van der Waals surface area contributed by atoms with E-state index < -0.39 is 12.2 Å². The molecule has 0 saturated carbocycles. The molecule has 0 radical (unpaired) electrons. The molecule has 1 N–H and O–H groups in total. The Bertz CT molecular complexity index is 455. The Morgan fingerprint density at radius 2 is 1.95 bits per heavy atom. The topological polar surface area (TPSA) is 59.0 Å². The van der Waals surface area contributed by atoms with Gasteiger partial charge in [0.2, 0.25) is 0 Å². The number of benzene rings is 1. The summed E-state index contributed by atoms with van der Waals surface area (Å²) in [5.41, 5.74) is 0.689. The summed E-state index contributed by atoms with van der Waals surface area (Å²) in [5, 5.41) is 9.71. The average Bonchev–Trinajstić information content (AvgIpc) is 2.47. The second-order valence-electron chi connectivity index (χ2n) is 4.91. The molecule has 20 heavy (non-hydrogen) atoms. The lowest BCUT2D eigenvalue weighted by molar-refractivity contribution is -0.142. The molecule has 1 aromatic rings. The minimum absolute atomic E-state index is 0.0475. The third-order valence-corrected chi connectivity index (χ3v) is 3.34. The summed E-state index contributed by atoms with van der Waals surface area (Å²) in [4.78, 5) is 14.0. The fourth-order valence-corrected chi connectivity index (χ4v) is 2.21. The van der Waals surface area contributed by atoms with E-state index >= 15 is 0 Å². The summed E-state index contributed by atoms with van der Waals surface area (Å²) >= 11 is 0. The number of aliphatic hydroxyl groups is 1. The van der Waals surface area contributed by atoms with E-state index in [-0.39, 0.29) is 5.91 Å². The zero-order chi connectivity index (χ0) is 14.5. The number of morpholine rings is 1. The summed E-state index contributed by atoms with van der Waals surface area (Å²) in [6.07, 6.45) is -1.20. The monoisotopic (exact) mass is 279 g/mol. The fourth-order valence-electron chi connectivity index (χ4n) is 2.21. The molecule has 1 unspecified atom stereocenters. The molecule has 2 rings (SSSR count). The number of rotatable bonds is 4. The van der Waals surface area contributed by atoms with Gasteiger partial charge in [-0.3, -0.25) is 4.79 Å². The van der Waals surface area contributed by atoms with E-state index in [1.807, 2.05) is 12.1 Å². The quantitative estimate of drug-likeness (QED) is 0.904. The van der Waals surface area contributed by atoms with Gasteiger partial charge in [0, 0.05) is 18.7 Å². The molecule has 1 aliphatic heterocycles. The lowest BCUT2D eigenvalue weighted by atomic mass is 10.1. The number of carbonyl (C=O) groups is 1. The van der Waals surface area contributed by atoms with Crippen LogP contribution in [0.1, 0.15) is 25.5 Å². The highest BCUT2D eigenvalue weighted by Gasteiger charge is 2.24. The summed E-state index contributed by atoms with van der Waals surface area (Å²) in [5.74, 6) is 0.505. The Labute approximate surface area is 119 Å². The van der Waals surface area contributed by atoms with Crippen LogP contribution < -0.4 is 4.74 Å². The summed E-state index contributed by atoms with van der Waals surface area (Å²) in [7, 11) is 0. The van der Waals surface area contributed by atoms with E-state index in [4.69, 9.17) is 9.47 Å². The number of hydrogen-bond acceptors (Lipinski definition) is 4. The highest BCUT2D eigenvalue weighted by molar-refractivity contribution is 5.81. The van der Waals surface area contributed by atoms with Crippen LogP contribution in [0.3, 0.4) is 0 Å². The van der Waals surface area contributed by atoms with Gasteiger partial charge in [-0.25, -0.2) is 0 Å². The van der Waals surface area contributed by atoms with Crippen molar-refractivity contribution in [2.24, 2.45) is 0 Å². The molecule has 5 heteroatoms. The van der Waals surface area contributed by atoms with E-state index in [0.717, 1.165) is 0 Å². The first-order chi connectivity index (χ1) is 9.59. The standard InChI is InChI=1S/C15H21NO4/c1-11(17)13-5-3-4-6-14(13)20-12(2)15(18)16-7-9-19-10-8-16/h3-6,11-12,17H,7-10H2,1-2H3/t11-,12?/m1/s1. The molecule has 1 aromatic carbocycles. The Hall–Kier alpha value is -1.59. The van der Waals surface area contributed by atoms with Crippen molar-refractivity contribution in [3.8, 4) is 5.75 Å². The van der Waals surface area contributed by atoms with Crippen molar-refractivity contribution < 1.29 is 19.4 Å². The number of nitrogens with zero attached hydrogens (tertiary/aromatic N) is 1. The number of para-hydroxylation sites is 1. The molecule has 0 spiro atoms.